The van der Waals surface area contributed by atoms with Gasteiger partial charge in [0.1, 0.15) is 13.2 Å². The number of benzene rings is 3. The Morgan fingerprint density at radius 1 is 0.792 bits per heavy atom. The van der Waals surface area contributed by atoms with Gasteiger partial charge in [0.2, 0.25) is 0 Å². The smallest absolute Gasteiger partial charge is 0.170 e. The minimum Gasteiger partial charge on any atom is -0.486 e. The molecule has 0 atom stereocenters. The Morgan fingerprint density at radius 3 is 2.00 bits per heavy atom. The Bertz CT molecular complexity index is 839. The summed E-state index contributed by atoms with van der Waals surface area (Å²) in [6.07, 6.45) is 0.862. The van der Waals surface area contributed by atoms with Crippen molar-refractivity contribution < 1.29 is 9.47 Å². The van der Waals surface area contributed by atoms with Crippen LogP contribution in [-0.4, -0.2) is 13.2 Å². The van der Waals surface area contributed by atoms with E-state index < -0.39 is 0 Å². The molecule has 1 aliphatic rings. The summed E-state index contributed by atoms with van der Waals surface area (Å²) in [5, 5.41) is 0. The first-order valence-electron chi connectivity index (χ1n) is 8.37. The molecule has 0 bridgehead atoms. The lowest BCUT2D eigenvalue weighted by Crippen LogP contribution is -2.17. The van der Waals surface area contributed by atoms with E-state index >= 15 is 0 Å². The Hall–Kier alpha value is -2.74. The quantitative estimate of drug-likeness (QED) is 0.665. The van der Waals surface area contributed by atoms with Crippen LogP contribution in [0.3, 0.4) is 0 Å². The zero-order valence-corrected chi connectivity index (χ0v) is 13.7. The van der Waals surface area contributed by atoms with Crippen molar-refractivity contribution in [3.8, 4) is 33.8 Å². The summed E-state index contributed by atoms with van der Waals surface area (Å²) in [7, 11) is 0. The highest BCUT2D eigenvalue weighted by atomic mass is 16.6. The van der Waals surface area contributed by atoms with Crippen LogP contribution >= 0.6 is 0 Å². The number of ether oxygens (including phenoxy) is 2. The molecule has 3 aromatic carbocycles. The van der Waals surface area contributed by atoms with E-state index in [0.29, 0.717) is 13.2 Å². The lowest BCUT2D eigenvalue weighted by atomic mass is 9.90. The minimum atomic E-state index is 0.578. The van der Waals surface area contributed by atoms with E-state index in [0.717, 1.165) is 45.7 Å². The van der Waals surface area contributed by atoms with Crippen molar-refractivity contribution in [1.82, 2.24) is 0 Å². The number of aryl methyl sites for hydroxylation is 1. The molecule has 0 aromatic heterocycles. The molecule has 0 spiro atoms. The average Bonchev–Trinajstić information content (AvgIpc) is 2.68. The van der Waals surface area contributed by atoms with E-state index in [-0.39, 0.29) is 0 Å². The summed E-state index contributed by atoms with van der Waals surface area (Å²) in [5.74, 6) is 1.70. The molecule has 24 heavy (non-hydrogen) atoms. The van der Waals surface area contributed by atoms with Gasteiger partial charge in [-0.05, 0) is 23.6 Å². The molecule has 119 valence electrons. The van der Waals surface area contributed by atoms with Gasteiger partial charge in [0.25, 0.3) is 0 Å². The maximum absolute atomic E-state index is 6.07. The summed E-state index contributed by atoms with van der Waals surface area (Å²) in [5.41, 5.74) is 5.47. The van der Waals surface area contributed by atoms with Gasteiger partial charge in [-0.3, -0.25) is 0 Å². The zero-order valence-electron chi connectivity index (χ0n) is 13.7. The van der Waals surface area contributed by atoms with Gasteiger partial charge < -0.3 is 9.47 Å². The minimum absolute atomic E-state index is 0.578. The second kappa shape index (κ2) is 6.40. The van der Waals surface area contributed by atoms with Gasteiger partial charge in [0.05, 0.1) is 0 Å². The molecular weight excluding hydrogens is 296 g/mol. The van der Waals surface area contributed by atoms with Crippen LogP contribution < -0.4 is 9.47 Å². The molecule has 1 radical (unpaired) electrons. The fraction of sp³-hybridized carbons (Fsp3) is 0.182. The van der Waals surface area contributed by atoms with Gasteiger partial charge in [-0.25, -0.2) is 0 Å². The average molecular weight is 315 g/mol. The van der Waals surface area contributed by atoms with E-state index in [4.69, 9.17) is 9.47 Å². The van der Waals surface area contributed by atoms with Crippen LogP contribution in [0.15, 0.2) is 60.7 Å². The highest BCUT2D eigenvalue weighted by Gasteiger charge is 2.24. The standard InChI is InChI=1S/C22H19O2/c1-2-16-15-19(17-9-5-3-6-10-17)20(18-11-7-4-8-12-18)22-21(16)23-13-14-24-22/h3-12H,2,13-14H2,1H3. The Labute approximate surface area is 142 Å². The summed E-state index contributed by atoms with van der Waals surface area (Å²) in [6.45, 7) is 3.29. The van der Waals surface area contributed by atoms with Crippen molar-refractivity contribution in [3.05, 3.63) is 72.3 Å². The van der Waals surface area contributed by atoms with Crippen molar-refractivity contribution in [2.24, 2.45) is 0 Å². The van der Waals surface area contributed by atoms with Crippen LogP contribution in [0.4, 0.5) is 0 Å². The van der Waals surface area contributed by atoms with Crippen molar-refractivity contribution >= 4 is 0 Å². The van der Waals surface area contributed by atoms with Crippen LogP contribution in [-0.2, 0) is 6.42 Å². The maximum Gasteiger partial charge on any atom is 0.170 e. The Morgan fingerprint density at radius 2 is 1.38 bits per heavy atom. The molecule has 0 amide bonds. The lowest BCUT2D eigenvalue weighted by Gasteiger charge is -2.26. The third-order valence-corrected chi connectivity index (χ3v) is 4.29. The van der Waals surface area contributed by atoms with Gasteiger partial charge in [-0.2, -0.15) is 0 Å². The first-order chi connectivity index (χ1) is 11.9. The molecule has 1 heterocycles. The third kappa shape index (κ3) is 2.54. The highest BCUT2D eigenvalue weighted by Crippen LogP contribution is 2.47. The Balaban J connectivity index is 2.05. The fourth-order valence-electron chi connectivity index (χ4n) is 3.16. The van der Waals surface area contributed by atoms with Crippen LogP contribution in [0.5, 0.6) is 11.5 Å². The SMILES string of the molecule is CCc1[c]c(-c2ccccc2)c(-c2ccccc2)c2c1OCCO2. The molecule has 0 unspecified atom stereocenters. The molecule has 1 aliphatic heterocycles. The molecule has 0 N–H and O–H groups in total. The van der Waals surface area contributed by atoms with Crippen molar-refractivity contribution in [2.75, 3.05) is 13.2 Å². The van der Waals surface area contributed by atoms with Gasteiger partial charge in [0, 0.05) is 16.7 Å². The lowest BCUT2D eigenvalue weighted by molar-refractivity contribution is 0.171. The molecule has 3 aromatic rings. The molecule has 0 fully saturated rings. The summed E-state index contributed by atoms with van der Waals surface area (Å²) in [6, 6.07) is 24.3. The van der Waals surface area contributed by atoms with E-state index in [1.807, 2.05) is 24.3 Å². The van der Waals surface area contributed by atoms with E-state index in [9.17, 15) is 0 Å². The van der Waals surface area contributed by atoms with Crippen LogP contribution in [0.25, 0.3) is 22.3 Å². The van der Waals surface area contributed by atoms with Gasteiger partial charge in [-0.15, -0.1) is 0 Å². The fourth-order valence-corrected chi connectivity index (χ4v) is 3.16. The normalized spacial score (nSPS) is 12.9. The monoisotopic (exact) mass is 315 g/mol. The second-order valence-corrected chi connectivity index (χ2v) is 5.79. The summed E-state index contributed by atoms with van der Waals surface area (Å²) >= 11 is 0. The summed E-state index contributed by atoms with van der Waals surface area (Å²) in [4.78, 5) is 0. The maximum atomic E-state index is 6.07. The summed E-state index contributed by atoms with van der Waals surface area (Å²) < 4.78 is 12.0. The molecule has 4 rings (SSSR count). The van der Waals surface area contributed by atoms with Gasteiger partial charge in [0.15, 0.2) is 11.5 Å². The van der Waals surface area contributed by atoms with Gasteiger partial charge >= 0.3 is 0 Å². The molecule has 0 saturated carbocycles. The Kier molecular flexibility index (Phi) is 3.96. The zero-order chi connectivity index (χ0) is 16.4. The molecule has 2 nitrogen and oxygen atoms in total. The highest BCUT2D eigenvalue weighted by molar-refractivity contribution is 5.90. The van der Waals surface area contributed by atoms with Crippen molar-refractivity contribution in [2.45, 2.75) is 13.3 Å². The van der Waals surface area contributed by atoms with E-state index in [1.54, 1.807) is 0 Å². The van der Waals surface area contributed by atoms with Crippen molar-refractivity contribution in [1.29, 1.82) is 0 Å². The first-order valence-corrected chi connectivity index (χ1v) is 8.37. The molecule has 0 saturated heterocycles. The molecule has 0 aliphatic carbocycles. The number of hydrogen-bond donors (Lipinski definition) is 0. The number of hydrogen-bond acceptors (Lipinski definition) is 2. The van der Waals surface area contributed by atoms with Gasteiger partial charge in [-0.1, -0.05) is 67.6 Å². The number of rotatable bonds is 3. The second-order valence-electron chi connectivity index (χ2n) is 5.79. The number of fused-ring (bicyclic) bond motifs is 1. The molecular formula is C22H19O2. The van der Waals surface area contributed by atoms with Crippen LogP contribution in [0.2, 0.25) is 0 Å². The first kappa shape index (κ1) is 14.8. The van der Waals surface area contributed by atoms with Crippen molar-refractivity contribution in [3.63, 3.8) is 0 Å². The molecule has 2 heteroatoms. The van der Waals surface area contributed by atoms with Crippen LogP contribution in [0.1, 0.15) is 12.5 Å². The topological polar surface area (TPSA) is 18.5 Å². The third-order valence-electron chi connectivity index (χ3n) is 4.29. The van der Waals surface area contributed by atoms with E-state index in [1.165, 1.54) is 0 Å². The predicted molar refractivity (Wildman–Crippen MR) is 96.5 cm³/mol. The largest absolute Gasteiger partial charge is 0.486 e. The predicted octanol–water partition coefficient (Wildman–Crippen LogP) is 5.15. The van der Waals surface area contributed by atoms with Crippen LogP contribution in [0, 0.1) is 6.07 Å². The van der Waals surface area contributed by atoms with E-state index in [2.05, 4.69) is 49.4 Å².